The molecular formula is C32H33F2N3O5SSi. The van der Waals surface area contributed by atoms with Crippen LogP contribution < -0.4 is 0 Å². The topological polar surface area (TPSA) is 92.4 Å². The molecule has 0 bridgehead atoms. The smallest absolute Gasteiger partial charge is 0.340 e. The number of ether oxygens (including phenoxy) is 2. The number of carbonyl (C=O) groups excluding carboxylic acids is 1. The van der Waals surface area contributed by atoms with Crippen LogP contribution in [0.25, 0.3) is 33.5 Å². The first-order valence-electron chi connectivity index (χ1n) is 14.0. The van der Waals surface area contributed by atoms with Crippen LogP contribution in [0.15, 0.2) is 78.0 Å². The zero-order chi connectivity index (χ0) is 31.8. The number of hydrogen-bond acceptors (Lipinski definition) is 6. The number of benzene rings is 2. The lowest BCUT2D eigenvalue weighted by atomic mass is 10.0. The Hall–Kier alpha value is -4.13. The highest BCUT2D eigenvalue weighted by atomic mass is 32.2. The molecule has 230 valence electrons. The third kappa shape index (κ3) is 5.84. The average Bonchev–Trinajstić information content (AvgIpc) is 3.60. The summed E-state index contributed by atoms with van der Waals surface area (Å²) in [6.07, 6.45) is 2.88. The predicted octanol–water partition coefficient (Wildman–Crippen LogP) is 7.09. The summed E-state index contributed by atoms with van der Waals surface area (Å²) in [5.41, 5.74) is 1.14. The number of aryl methyl sites for hydroxylation is 1. The number of halogens is 2. The lowest BCUT2D eigenvalue weighted by Crippen LogP contribution is -2.22. The molecule has 8 nitrogen and oxygen atoms in total. The maximum absolute atomic E-state index is 15.5. The van der Waals surface area contributed by atoms with Crippen molar-refractivity contribution in [2.24, 2.45) is 0 Å². The Kier molecular flexibility index (Phi) is 8.61. The SMILES string of the molecule is COC(=O)c1cc(-c2ccnc3c2ccn3S(=O)(=O)c2ccccc2)n(COCC[Si](C)(C)C)c1-c1ccc(C)c(F)c1F. The monoisotopic (exact) mass is 637 g/mol. The molecule has 3 aromatic heterocycles. The molecule has 0 aliphatic carbocycles. The van der Waals surface area contributed by atoms with E-state index in [4.69, 9.17) is 9.47 Å². The number of fused-ring (bicyclic) bond motifs is 1. The van der Waals surface area contributed by atoms with E-state index >= 15 is 4.39 Å². The fraction of sp³-hybridized carbons (Fsp3) is 0.250. The van der Waals surface area contributed by atoms with Crippen molar-refractivity contribution >= 4 is 35.1 Å². The molecule has 0 N–H and O–H groups in total. The van der Waals surface area contributed by atoms with Gasteiger partial charge in [0.05, 0.1) is 29.0 Å². The molecule has 3 heterocycles. The van der Waals surface area contributed by atoms with Gasteiger partial charge < -0.3 is 14.0 Å². The zero-order valence-electron chi connectivity index (χ0n) is 25.1. The van der Waals surface area contributed by atoms with E-state index in [1.807, 2.05) is 0 Å². The van der Waals surface area contributed by atoms with Crippen LogP contribution in [0.2, 0.25) is 25.7 Å². The summed E-state index contributed by atoms with van der Waals surface area (Å²) in [6, 6.07) is 16.5. The molecule has 0 fully saturated rings. The second-order valence-electron chi connectivity index (χ2n) is 11.6. The molecule has 2 aromatic carbocycles. The Bertz CT molecular complexity index is 1970. The largest absolute Gasteiger partial charge is 0.465 e. The van der Waals surface area contributed by atoms with Gasteiger partial charge in [-0.1, -0.05) is 43.9 Å². The zero-order valence-corrected chi connectivity index (χ0v) is 26.9. The van der Waals surface area contributed by atoms with Crippen LogP contribution in [0.1, 0.15) is 15.9 Å². The van der Waals surface area contributed by atoms with Crippen LogP contribution in [-0.4, -0.2) is 49.7 Å². The Morgan fingerprint density at radius 2 is 1.70 bits per heavy atom. The van der Waals surface area contributed by atoms with E-state index in [2.05, 4.69) is 24.6 Å². The van der Waals surface area contributed by atoms with Crippen molar-refractivity contribution in [3.05, 3.63) is 95.8 Å². The summed E-state index contributed by atoms with van der Waals surface area (Å²) in [5, 5.41) is 0.464. The lowest BCUT2D eigenvalue weighted by molar-refractivity contribution is 0.0600. The Labute approximate surface area is 255 Å². The van der Waals surface area contributed by atoms with Crippen LogP contribution in [0.4, 0.5) is 8.78 Å². The molecule has 0 unspecified atom stereocenters. The van der Waals surface area contributed by atoms with Gasteiger partial charge in [0.15, 0.2) is 17.3 Å². The van der Waals surface area contributed by atoms with Crippen molar-refractivity contribution in [2.75, 3.05) is 13.7 Å². The number of aromatic nitrogens is 3. The molecule has 5 aromatic rings. The van der Waals surface area contributed by atoms with Crippen molar-refractivity contribution in [1.82, 2.24) is 13.5 Å². The van der Waals surface area contributed by atoms with Crippen molar-refractivity contribution in [1.29, 1.82) is 0 Å². The van der Waals surface area contributed by atoms with Gasteiger partial charge in [-0.25, -0.2) is 30.9 Å². The van der Waals surface area contributed by atoms with Gasteiger partial charge in [0.2, 0.25) is 0 Å². The first-order valence-corrected chi connectivity index (χ1v) is 19.1. The number of rotatable bonds is 10. The number of esters is 1. The number of carbonyl (C=O) groups is 1. The Balaban J connectivity index is 1.75. The minimum Gasteiger partial charge on any atom is -0.465 e. The third-order valence-electron chi connectivity index (χ3n) is 7.38. The van der Waals surface area contributed by atoms with E-state index in [1.54, 1.807) is 34.9 Å². The van der Waals surface area contributed by atoms with Crippen LogP contribution in [0.3, 0.4) is 0 Å². The fourth-order valence-corrected chi connectivity index (χ4v) is 7.04. The molecule has 0 aliphatic heterocycles. The van der Waals surface area contributed by atoms with Gasteiger partial charge >= 0.3 is 5.97 Å². The Morgan fingerprint density at radius 1 is 0.977 bits per heavy atom. The quantitative estimate of drug-likeness (QED) is 0.0922. The molecule has 0 radical (unpaired) electrons. The highest BCUT2D eigenvalue weighted by molar-refractivity contribution is 7.90. The van der Waals surface area contributed by atoms with Crippen molar-refractivity contribution < 1.29 is 31.5 Å². The van der Waals surface area contributed by atoms with Crippen molar-refractivity contribution in [3.8, 4) is 22.5 Å². The second-order valence-corrected chi connectivity index (χ2v) is 19.1. The third-order valence-corrected chi connectivity index (χ3v) is 10.8. The summed E-state index contributed by atoms with van der Waals surface area (Å²) in [6.45, 7) is 8.42. The van der Waals surface area contributed by atoms with Crippen molar-refractivity contribution in [3.63, 3.8) is 0 Å². The van der Waals surface area contributed by atoms with Crippen LogP contribution in [0, 0.1) is 18.6 Å². The molecule has 0 saturated carbocycles. The number of nitrogens with zero attached hydrogens (tertiary/aromatic N) is 3. The molecule has 0 aliphatic rings. The number of pyridine rings is 1. The van der Waals surface area contributed by atoms with Crippen LogP contribution in [-0.2, 0) is 26.2 Å². The first kappa shape index (κ1) is 31.3. The van der Waals surface area contributed by atoms with Gasteiger partial charge in [-0.05, 0) is 54.9 Å². The predicted molar refractivity (Wildman–Crippen MR) is 168 cm³/mol. The average molecular weight is 638 g/mol. The minimum atomic E-state index is -3.98. The molecular weight excluding hydrogens is 605 g/mol. The number of hydrogen-bond donors (Lipinski definition) is 0. The molecule has 0 saturated heterocycles. The number of methoxy groups -OCH3 is 1. The van der Waals surface area contributed by atoms with Crippen molar-refractivity contribution in [2.45, 2.75) is 44.2 Å². The normalized spacial score (nSPS) is 12.2. The van der Waals surface area contributed by atoms with E-state index in [-0.39, 0.29) is 39.7 Å². The molecule has 0 spiro atoms. The fourth-order valence-electron chi connectivity index (χ4n) is 4.96. The van der Waals surface area contributed by atoms with Gasteiger partial charge in [-0.2, -0.15) is 0 Å². The highest BCUT2D eigenvalue weighted by Gasteiger charge is 2.28. The minimum absolute atomic E-state index is 0.000230. The van der Waals surface area contributed by atoms with Gasteiger partial charge in [0.25, 0.3) is 10.0 Å². The summed E-state index contributed by atoms with van der Waals surface area (Å²) < 4.78 is 71.2. The van der Waals surface area contributed by atoms with Crippen LogP contribution in [0.5, 0.6) is 0 Å². The van der Waals surface area contributed by atoms with Gasteiger partial charge in [-0.3, -0.25) is 0 Å². The van der Waals surface area contributed by atoms with Crippen LogP contribution >= 0.6 is 0 Å². The standard InChI is InChI=1S/C32H33F2N3O5SSi/c1-21-11-12-25(29(34)28(21)33)30-26(32(38)41-2)19-27(36(30)20-42-17-18-44(3,4)5)23-13-15-35-31-24(23)14-16-37(31)43(39,40)22-9-7-6-8-10-22/h6-16,19H,17-18,20H2,1-5H3. The van der Waals surface area contributed by atoms with Gasteiger partial charge in [0.1, 0.15) is 6.73 Å². The summed E-state index contributed by atoms with van der Waals surface area (Å²) in [7, 11) is -4.23. The van der Waals surface area contributed by atoms with Gasteiger partial charge in [-0.15, -0.1) is 0 Å². The summed E-state index contributed by atoms with van der Waals surface area (Å²) >= 11 is 0. The molecule has 0 amide bonds. The Morgan fingerprint density at radius 3 is 2.39 bits per heavy atom. The van der Waals surface area contributed by atoms with E-state index < -0.39 is 35.7 Å². The van der Waals surface area contributed by atoms with E-state index in [0.717, 1.165) is 10.0 Å². The molecule has 12 heteroatoms. The van der Waals surface area contributed by atoms with E-state index in [0.29, 0.717) is 23.3 Å². The van der Waals surface area contributed by atoms with E-state index in [1.165, 1.54) is 56.8 Å². The van der Waals surface area contributed by atoms with Gasteiger partial charge in [0, 0.05) is 43.6 Å². The first-order chi connectivity index (χ1) is 20.8. The highest BCUT2D eigenvalue weighted by Crippen LogP contribution is 2.39. The molecule has 44 heavy (non-hydrogen) atoms. The molecule has 0 atom stereocenters. The maximum Gasteiger partial charge on any atom is 0.340 e. The summed E-state index contributed by atoms with van der Waals surface area (Å²) in [4.78, 5) is 17.6. The maximum atomic E-state index is 15.5. The molecule has 5 rings (SSSR count). The summed E-state index contributed by atoms with van der Waals surface area (Å²) in [5.74, 6) is -2.89. The van der Waals surface area contributed by atoms with E-state index in [9.17, 15) is 17.6 Å². The lowest BCUT2D eigenvalue weighted by Gasteiger charge is -2.19. The second kappa shape index (κ2) is 12.1.